The molecule has 0 radical (unpaired) electrons. The zero-order chi connectivity index (χ0) is 15.7. The predicted molar refractivity (Wildman–Crippen MR) is 82.6 cm³/mol. The average Bonchev–Trinajstić information content (AvgIpc) is 3.06. The third-order valence-corrected chi connectivity index (χ3v) is 3.92. The van der Waals surface area contributed by atoms with Crippen LogP contribution < -0.4 is 0 Å². The summed E-state index contributed by atoms with van der Waals surface area (Å²) in [4.78, 5) is 14.6. The smallest absolute Gasteiger partial charge is 0.337 e. The summed E-state index contributed by atoms with van der Waals surface area (Å²) in [5.74, 6) is -0.336. The quantitative estimate of drug-likeness (QED) is 0.319. The van der Waals surface area contributed by atoms with Crippen molar-refractivity contribution in [2.45, 2.75) is 25.9 Å². The van der Waals surface area contributed by atoms with Crippen LogP contribution in [0.25, 0.3) is 21.7 Å². The molecular weight excluding hydrogens is 280 g/mol. The molecule has 0 N–H and O–H groups in total. The minimum absolute atomic E-state index is 0.130. The lowest BCUT2D eigenvalue weighted by Crippen LogP contribution is -2.10. The average molecular weight is 296 g/mol. The Morgan fingerprint density at radius 3 is 3.00 bits per heavy atom. The summed E-state index contributed by atoms with van der Waals surface area (Å²) in [5, 5.41) is 3.73. The summed E-state index contributed by atoms with van der Waals surface area (Å²) in [5.41, 5.74) is 13.7. The van der Waals surface area contributed by atoms with Gasteiger partial charge in [0, 0.05) is 29.6 Å². The molecule has 0 saturated carbocycles. The van der Waals surface area contributed by atoms with E-state index in [1.807, 2.05) is 25.3 Å². The molecular formula is C16H16N4O2. The number of nitrogens with zero attached hydrogens (tertiary/aromatic N) is 4. The van der Waals surface area contributed by atoms with E-state index in [1.165, 1.54) is 18.2 Å². The Balaban J connectivity index is 2.01. The third kappa shape index (κ3) is 2.34. The fourth-order valence-corrected chi connectivity index (χ4v) is 2.95. The number of fused-ring (bicyclic) bond motifs is 3. The molecule has 1 aromatic carbocycles. The lowest BCUT2D eigenvalue weighted by molar-refractivity contribution is 0.0601. The Hall–Kier alpha value is -2.72. The number of hydrogen-bond donors (Lipinski definition) is 0. The van der Waals surface area contributed by atoms with Crippen molar-refractivity contribution in [3.05, 3.63) is 57.6 Å². The third-order valence-electron chi connectivity index (χ3n) is 3.92. The van der Waals surface area contributed by atoms with E-state index in [-0.39, 0.29) is 12.0 Å². The van der Waals surface area contributed by atoms with Gasteiger partial charge in [0.1, 0.15) is 0 Å². The minimum atomic E-state index is -0.336. The first-order valence-corrected chi connectivity index (χ1v) is 7.08. The summed E-state index contributed by atoms with van der Waals surface area (Å²) in [6.45, 7) is 2.49. The van der Waals surface area contributed by atoms with Gasteiger partial charge in [-0.2, -0.15) is 0 Å². The Morgan fingerprint density at radius 1 is 1.45 bits per heavy atom. The second-order valence-corrected chi connectivity index (χ2v) is 5.44. The first-order valence-electron chi connectivity index (χ1n) is 7.08. The number of carbonyl (C=O) groups excluding carboxylic acids is 1. The van der Waals surface area contributed by atoms with Gasteiger partial charge in [0.15, 0.2) is 0 Å². The lowest BCUT2D eigenvalue weighted by Gasteiger charge is -2.12. The van der Waals surface area contributed by atoms with Crippen molar-refractivity contribution < 1.29 is 9.53 Å². The lowest BCUT2D eigenvalue weighted by atomic mass is 10.1. The van der Waals surface area contributed by atoms with E-state index in [9.17, 15) is 4.79 Å². The van der Waals surface area contributed by atoms with Gasteiger partial charge in [-0.3, -0.25) is 0 Å². The molecule has 1 atom stereocenters. The first-order chi connectivity index (χ1) is 10.6. The van der Waals surface area contributed by atoms with Gasteiger partial charge >= 0.3 is 5.97 Å². The second-order valence-electron chi connectivity index (χ2n) is 5.44. The van der Waals surface area contributed by atoms with E-state index >= 15 is 0 Å². The number of ether oxygens (including phenoxy) is 1. The van der Waals surface area contributed by atoms with E-state index in [0.29, 0.717) is 12.1 Å². The zero-order valence-corrected chi connectivity index (χ0v) is 12.5. The highest BCUT2D eigenvalue weighted by molar-refractivity contribution is 5.92. The van der Waals surface area contributed by atoms with Crippen LogP contribution >= 0.6 is 0 Å². The summed E-state index contributed by atoms with van der Waals surface area (Å²) >= 11 is 0. The number of aromatic nitrogens is 1. The molecule has 0 saturated heterocycles. The molecule has 0 bridgehead atoms. The summed E-state index contributed by atoms with van der Waals surface area (Å²) in [6, 6.07) is 7.60. The van der Waals surface area contributed by atoms with Gasteiger partial charge in [0.05, 0.1) is 24.4 Å². The number of esters is 1. The fourth-order valence-electron chi connectivity index (χ4n) is 2.95. The van der Waals surface area contributed by atoms with Crippen molar-refractivity contribution in [2.75, 3.05) is 7.11 Å². The number of hydrogen-bond acceptors (Lipinski definition) is 3. The molecule has 3 rings (SSSR count). The molecule has 0 spiro atoms. The topological polar surface area (TPSA) is 80.0 Å². The van der Waals surface area contributed by atoms with Gasteiger partial charge in [0.25, 0.3) is 0 Å². The van der Waals surface area contributed by atoms with Gasteiger partial charge < -0.3 is 9.30 Å². The van der Waals surface area contributed by atoms with Crippen LogP contribution in [-0.4, -0.2) is 23.7 Å². The monoisotopic (exact) mass is 296 g/mol. The molecule has 6 nitrogen and oxygen atoms in total. The molecule has 1 unspecified atom stereocenters. The van der Waals surface area contributed by atoms with E-state index in [1.54, 1.807) is 6.07 Å². The molecule has 1 aromatic heterocycles. The van der Waals surface area contributed by atoms with Crippen LogP contribution in [0.15, 0.2) is 35.6 Å². The number of benzene rings is 1. The molecule has 6 heteroatoms. The number of rotatable bonds is 4. The van der Waals surface area contributed by atoms with Crippen molar-refractivity contribution in [2.24, 2.45) is 5.11 Å². The zero-order valence-electron chi connectivity index (χ0n) is 12.5. The highest BCUT2D eigenvalue weighted by Crippen LogP contribution is 2.38. The molecule has 1 aliphatic carbocycles. The highest BCUT2D eigenvalue weighted by atomic mass is 16.5. The Kier molecular flexibility index (Phi) is 3.61. The van der Waals surface area contributed by atoms with Gasteiger partial charge in [-0.15, -0.1) is 0 Å². The van der Waals surface area contributed by atoms with Gasteiger partial charge in [-0.05, 0) is 34.9 Å². The number of azide groups is 1. The summed E-state index contributed by atoms with van der Waals surface area (Å²) in [6.07, 6.45) is 2.86. The second kappa shape index (κ2) is 5.58. The van der Waals surface area contributed by atoms with E-state index in [0.717, 1.165) is 17.7 Å². The van der Waals surface area contributed by atoms with Crippen molar-refractivity contribution in [3.8, 4) is 11.3 Å². The summed E-state index contributed by atoms with van der Waals surface area (Å²) < 4.78 is 6.88. The van der Waals surface area contributed by atoms with Crippen molar-refractivity contribution in [1.82, 2.24) is 4.57 Å². The first kappa shape index (κ1) is 14.2. The Morgan fingerprint density at radius 2 is 2.27 bits per heavy atom. The van der Waals surface area contributed by atoms with Gasteiger partial charge in [0.2, 0.25) is 0 Å². The van der Waals surface area contributed by atoms with E-state index in [4.69, 9.17) is 10.3 Å². The van der Waals surface area contributed by atoms with E-state index in [2.05, 4.69) is 20.7 Å². The SMILES string of the molecule is COC(=O)c1ccc2c(c1)-c1c(ccn1CC(C)N=[N+]=[N-])C2. The van der Waals surface area contributed by atoms with Crippen LogP contribution in [0.2, 0.25) is 0 Å². The number of methoxy groups -OCH3 is 1. The summed E-state index contributed by atoms with van der Waals surface area (Å²) in [7, 11) is 1.38. The maximum absolute atomic E-state index is 11.7. The molecule has 0 amide bonds. The van der Waals surface area contributed by atoms with Crippen LogP contribution in [0.4, 0.5) is 0 Å². The Bertz CT molecular complexity index is 787. The predicted octanol–water partition coefficient (Wildman–Crippen LogP) is 3.54. The molecule has 112 valence electrons. The molecule has 0 aliphatic heterocycles. The van der Waals surface area contributed by atoms with Crippen molar-refractivity contribution in [3.63, 3.8) is 0 Å². The van der Waals surface area contributed by atoms with Crippen LogP contribution in [0.5, 0.6) is 0 Å². The minimum Gasteiger partial charge on any atom is -0.465 e. The molecule has 2 aromatic rings. The normalized spacial score (nSPS) is 13.0. The van der Waals surface area contributed by atoms with Crippen molar-refractivity contribution >= 4 is 5.97 Å². The molecule has 22 heavy (non-hydrogen) atoms. The van der Waals surface area contributed by atoms with Crippen LogP contribution in [0.1, 0.15) is 28.4 Å². The molecule has 1 aliphatic rings. The van der Waals surface area contributed by atoms with Crippen LogP contribution in [0.3, 0.4) is 0 Å². The van der Waals surface area contributed by atoms with Crippen LogP contribution in [0, 0.1) is 0 Å². The van der Waals surface area contributed by atoms with Gasteiger partial charge in [-0.25, -0.2) is 4.79 Å². The fraction of sp³-hybridized carbons (Fsp3) is 0.312. The largest absolute Gasteiger partial charge is 0.465 e. The molecule has 1 heterocycles. The maximum Gasteiger partial charge on any atom is 0.337 e. The van der Waals surface area contributed by atoms with Gasteiger partial charge in [-0.1, -0.05) is 18.1 Å². The van der Waals surface area contributed by atoms with E-state index < -0.39 is 0 Å². The highest BCUT2D eigenvalue weighted by Gasteiger charge is 2.24. The van der Waals surface area contributed by atoms with Crippen LogP contribution in [-0.2, 0) is 17.7 Å². The Labute approximate surface area is 128 Å². The maximum atomic E-state index is 11.7. The standard InChI is InChI=1S/C16H16N4O2/c1-10(18-19-17)9-20-6-5-12-7-11-3-4-13(16(21)22-2)8-14(11)15(12)20/h3-6,8,10H,7,9H2,1-2H3. The molecule has 0 fully saturated rings. The number of carbonyl (C=O) groups is 1. The van der Waals surface area contributed by atoms with Crippen molar-refractivity contribution in [1.29, 1.82) is 0 Å².